The summed E-state index contributed by atoms with van der Waals surface area (Å²) in [6, 6.07) is 5.82. The molecule has 2 aromatic rings. The van der Waals surface area contributed by atoms with Crippen molar-refractivity contribution in [3.05, 3.63) is 45.3 Å². The third kappa shape index (κ3) is 4.99. The van der Waals surface area contributed by atoms with Crippen LogP contribution in [-0.2, 0) is 22.4 Å². The summed E-state index contributed by atoms with van der Waals surface area (Å²) in [6.45, 7) is 7.00. The molecule has 2 heterocycles. The summed E-state index contributed by atoms with van der Waals surface area (Å²) in [7, 11) is 0. The molecule has 1 fully saturated rings. The smallest absolute Gasteiger partial charge is 0.265 e. The lowest BCUT2D eigenvalue weighted by molar-refractivity contribution is -0.122. The summed E-state index contributed by atoms with van der Waals surface area (Å²) in [5, 5.41) is 6.65. The van der Waals surface area contributed by atoms with Crippen LogP contribution in [0.25, 0.3) is 0 Å². The molecular weight excluding hydrogens is 424 g/mol. The highest BCUT2D eigenvalue weighted by Gasteiger charge is 2.28. The fourth-order valence-corrected chi connectivity index (χ4v) is 5.59. The lowest BCUT2D eigenvalue weighted by atomic mass is 9.95. The van der Waals surface area contributed by atoms with Crippen LogP contribution in [0.2, 0.25) is 0 Å². The minimum atomic E-state index is -0.683. The number of nitrogens with one attached hydrogen (secondary N) is 2. The van der Waals surface area contributed by atoms with E-state index in [4.69, 9.17) is 9.47 Å². The normalized spacial score (nSPS) is 18.7. The molecule has 0 bridgehead atoms. The molecule has 2 aliphatic rings. The molecule has 2 N–H and O–H groups in total. The van der Waals surface area contributed by atoms with Gasteiger partial charge in [0.15, 0.2) is 6.10 Å². The fourth-order valence-electron chi connectivity index (χ4n) is 4.30. The van der Waals surface area contributed by atoms with Crippen molar-refractivity contribution in [1.29, 1.82) is 0 Å². The minimum absolute atomic E-state index is 0.0810. The minimum Gasteiger partial charge on any atom is -0.481 e. The van der Waals surface area contributed by atoms with Crippen molar-refractivity contribution in [1.82, 2.24) is 5.32 Å². The van der Waals surface area contributed by atoms with E-state index < -0.39 is 6.10 Å². The zero-order valence-electron chi connectivity index (χ0n) is 19.1. The van der Waals surface area contributed by atoms with E-state index >= 15 is 0 Å². The summed E-state index contributed by atoms with van der Waals surface area (Å²) in [6.07, 6.45) is 5.41. The van der Waals surface area contributed by atoms with E-state index in [0.717, 1.165) is 61.8 Å². The predicted molar refractivity (Wildman–Crippen MR) is 127 cm³/mol. The van der Waals surface area contributed by atoms with Crippen molar-refractivity contribution < 1.29 is 19.1 Å². The second-order valence-electron chi connectivity index (χ2n) is 8.71. The molecule has 1 aromatic heterocycles. The standard InChI is InChI=1S/C25H32N2O4S/c1-15-8-6-11-20(16(15)2)31-17(3)23(28)27-25-22(19-10-4-5-12-21(19)32-25)24(29)26-14-18-9-7-13-30-18/h6,8,11,17-18H,4-5,7,9-10,12-14H2,1-3H3,(H,26,29)(H,27,28)/t17-,18-/m1/s1. The van der Waals surface area contributed by atoms with E-state index in [1.54, 1.807) is 6.92 Å². The maximum atomic E-state index is 13.1. The molecule has 0 spiro atoms. The van der Waals surface area contributed by atoms with Gasteiger partial charge in [-0.3, -0.25) is 9.59 Å². The Morgan fingerprint density at radius 1 is 1.22 bits per heavy atom. The molecule has 32 heavy (non-hydrogen) atoms. The molecule has 2 atom stereocenters. The summed E-state index contributed by atoms with van der Waals surface area (Å²) < 4.78 is 11.6. The van der Waals surface area contributed by atoms with Gasteiger partial charge in [0.05, 0.1) is 11.7 Å². The molecule has 1 aliphatic carbocycles. The number of benzene rings is 1. The largest absolute Gasteiger partial charge is 0.481 e. The second kappa shape index (κ2) is 10.0. The molecule has 1 aliphatic heterocycles. The number of carbonyl (C=O) groups is 2. The van der Waals surface area contributed by atoms with Crippen LogP contribution in [0.3, 0.4) is 0 Å². The number of hydrogen-bond acceptors (Lipinski definition) is 5. The van der Waals surface area contributed by atoms with Gasteiger partial charge in [0.25, 0.3) is 11.8 Å². The van der Waals surface area contributed by atoms with Crippen molar-refractivity contribution in [3.8, 4) is 5.75 Å². The van der Waals surface area contributed by atoms with E-state index in [-0.39, 0.29) is 17.9 Å². The second-order valence-corrected chi connectivity index (χ2v) is 9.81. The Morgan fingerprint density at radius 3 is 2.81 bits per heavy atom. The van der Waals surface area contributed by atoms with Crippen LogP contribution >= 0.6 is 11.3 Å². The van der Waals surface area contributed by atoms with Crippen molar-refractivity contribution >= 4 is 28.2 Å². The highest BCUT2D eigenvalue weighted by molar-refractivity contribution is 7.17. The summed E-state index contributed by atoms with van der Waals surface area (Å²) in [5.41, 5.74) is 3.85. The quantitative estimate of drug-likeness (QED) is 0.640. The zero-order chi connectivity index (χ0) is 22.7. The van der Waals surface area contributed by atoms with E-state index in [2.05, 4.69) is 10.6 Å². The number of rotatable bonds is 7. The number of carbonyl (C=O) groups excluding carboxylic acids is 2. The van der Waals surface area contributed by atoms with Gasteiger partial charge in [0.2, 0.25) is 0 Å². The van der Waals surface area contributed by atoms with E-state index in [1.807, 2.05) is 32.0 Å². The average molecular weight is 457 g/mol. The molecule has 1 saturated heterocycles. The topological polar surface area (TPSA) is 76.7 Å². The van der Waals surface area contributed by atoms with Crippen LogP contribution < -0.4 is 15.4 Å². The number of amides is 2. The summed E-state index contributed by atoms with van der Waals surface area (Å²) >= 11 is 1.53. The molecule has 6 nitrogen and oxygen atoms in total. The first kappa shape index (κ1) is 22.8. The maximum Gasteiger partial charge on any atom is 0.265 e. The maximum absolute atomic E-state index is 13.1. The summed E-state index contributed by atoms with van der Waals surface area (Å²) in [5.74, 6) is 0.323. The van der Waals surface area contributed by atoms with Gasteiger partial charge in [-0.15, -0.1) is 11.3 Å². The summed E-state index contributed by atoms with van der Waals surface area (Å²) in [4.78, 5) is 27.3. The lowest BCUT2D eigenvalue weighted by Crippen LogP contribution is -2.34. The number of anilines is 1. The van der Waals surface area contributed by atoms with Gasteiger partial charge in [-0.25, -0.2) is 0 Å². The van der Waals surface area contributed by atoms with E-state index in [0.29, 0.717) is 22.9 Å². The van der Waals surface area contributed by atoms with Crippen LogP contribution in [0, 0.1) is 13.8 Å². The third-order valence-corrected chi connectivity index (χ3v) is 7.58. The van der Waals surface area contributed by atoms with Crippen LogP contribution in [0.15, 0.2) is 18.2 Å². The molecule has 0 unspecified atom stereocenters. The number of thiophene rings is 1. The zero-order valence-corrected chi connectivity index (χ0v) is 19.9. The van der Waals surface area contributed by atoms with Crippen LogP contribution in [0.5, 0.6) is 5.75 Å². The SMILES string of the molecule is Cc1cccc(O[C@H](C)C(=O)Nc2sc3c(c2C(=O)NC[C@H]2CCCO2)CCCC3)c1C. The Bertz CT molecular complexity index is 994. The first-order valence-corrected chi connectivity index (χ1v) is 12.3. The molecular formula is C25H32N2O4S. The predicted octanol–water partition coefficient (Wildman–Crippen LogP) is 4.56. The highest BCUT2D eigenvalue weighted by atomic mass is 32.1. The molecule has 1 aromatic carbocycles. The monoisotopic (exact) mass is 456 g/mol. The highest BCUT2D eigenvalue weighted by Crippen LogP contribution is 2.38. The van der Waals surface area contributed by atoms with Crippen molar-refractivity contribution in [2.24, 2.45) is 0 Å². The Morgan fingerprint density at radius 2 is 2.03 bits per heavy atom. The van der Waals surface area contributed by atoms with Gasteiger partial charge in [-0.2, -0.15) is 0 Å². The molecule has 4 rings (SSSR count). The third-order valence-electron chi connectivity index (χ3n) is 6.38. The molecule has 0 saturated carbocycles. The number of fused-ring (bicyclic) bond motifs is 1. The van der Waals surface area contributed by atoms with Crippen LogP contribution in [0.4, 0.5) is 5.00 Å². The van der Waals surface area contributed by atoms with Crippen molar-refractivity contribution in [3.63, 3.8) is 0 Å². The molecule has 2 amide bonds. The van der Waals surface area contributed by atoms with E-state index in [1.165, 1.54) is 16.2 Å². The molecule has 172 valence electrons. The van der Waals surface area contributed by atoms with Gasteiger partial charge >= 0.3 is 0 Å². The first-order valence-electron chi connectivity index (χ1n) is 11.5. The Kier molecular flexibility index (Phi) is 7.16. The van der Waals surface area contributed by atoms with Gasteiger partial charge in [0, 0.05) is 18.0 Å². The van der Waals surface area contributed by atoms with Crippen molar-refractivity contribution in [2.45, 2.75) is 71.5 Å². The van der Waals surface area contributed by atoms with Crippen LogP contribution in [-0.4, -0.2) is 37.2 Å². The van der Waals surface area contributed by atoms with Gasteiger partial charge < -0.3 is 20.1 Å². The lowest BCUT2D eigenvalue weighted by Gasteiger charge is -2.18. The van der Waals surface area contributed by atoms with Gasteiger partial charge in [-0.05, 0) is 82.1 Å². The Labute approximate surface area is 193 Å². The van der Waals surface area contributed by atoms with Gasteiger partial charge in [0.1, 0.15) is 10.8 Å². The Balaban J connectivity index is 1.49. The average Bonchev–Trinajstić information content (AvgIpc) is 3.42. The van der Waals surface area contributed by atoms with Crippen LogP contribution in [0.1, 0.15) is 64.5 Å². The van der Waals surface area contributed by atoms with E-state index in [9.17, 15) is 9.59 Å². The molecule has 7 heteroatoms. The first-order chi connectivity index (χ1) is 15.4. The molecule has 0 radical (unpaired) electrons. The van der Waals surface area contributed by atoms with Gasteiger partial charge in [-0.1, -0.05) is 12.1 Å². The Hall–Kier alpha value is -2.38. The number of aryl methyl sites for hydroxylation is 2. The fraction of sp³-hybridized carbons (Fsp3) is 0.520. The van der Waals surface area contributed by atoms with Crippen molar-refractivity contribution in [2.75, 3.05) is 18.5 Å². The number of ether oxygens (including phenoxy) is 2. The number of hydrogen-bond donors (Lipinski definition) is 2.